The second-order valence-electron chi connectivity index (χ2n) is 9.23. The number of benzene rings is 1. The van der Waals surface area contributed by atoms with E-state index < -0.39 is 6.10 Å². The lowest BCUT2D eigenvalue weighted by molar-refractivity contribution is -0.00434. The molecule has 1 fully saturated rings. The largest absolute Gasteiger partial charge is 0.497 e. The minimum absolute atomic E-state index is 0.0977. The zero-order valence-electron chi connectivity index (χ0n) is 16.8. The van der Waals surface area contributed by atoms with E-state index in [1.807, 2.05) is 12.1 Å². The van der Waals surface area contributed by atoms with Gasteiger partial charge in [-0.1, -0.05) is 38.8 Å². The molecule has 2 heteroatoms. The Labute approximate surface area is 153 Å². The number of rotatable bonds is 3. The van der Waals surface area contributed by atoms with Crippen LogP contribution in [0, 0.1) is 23.7 Å². The van der Waals surface area contributed by atoms with E-state index in [9.17, 15) is 5.11 Å². The van der Waals surface area contributed by atoms with Gasteiger partial charge in [0.1, 0.15) is 11.9 Å². The first kappa shape index (κ1) is 18.5. The number of aryl methyl sites for hydroxylation is 1. The lowest BCUT2D eigenvalue weighted by atomic mass is 9.49. The summed E-state index contributed by atoms with van der Waals surface area (Å²) in [5.41, 5.74) is 5.22. The molecule has 138 valence electrons. The zero-order chi connectivity index (χ0) is 18.4. The molecule has 2 unspecified atom stereocenters. The Balaban J connectivity index is 2.06. The summed E-state index contributed by atoms with van der Waals surface area (Å²) in [5.74, 6) is 1.47. The molecule has 0 saturated heterocycles. The molecule has 2 aliphatic rings. The average molecular weight is 343 g/mol. The van der Waals surface area contributed by atoms with Gasteiger partial charge in [0.25, 0.3) is 0 Å². The minimum atomic E-state index is -0.532. The van der Waals surface area contributed by atoms with Crippen molar-refractivity contribution in [3.8, 4) is 5.75 Å². The summed E-state index contributed by atoms with van der Waals surface area (Å²) in [7, 11) is 1.69. The maximum atomic E-state index is 11.4. The molecule has 0 spiro atoms. The van der Waals surface area contributed by atoms with E-state index in [-0.39, 0.29) is 5.41 Å². The van der Waals surface area contributed by atoms with Gasteiger partial charge in [0, 0.05) is 0 Å². The topological polar surface area (TPSA) is 29.5 Å². The van der Waals surface area contributed by atoms with Gasteiger partial charge in [0.15, 0.2) is 0 Å². The molecule has 2 nitrogen and oxygen atoms in total. The highest BCUT2D eigenvalue weighted by molar-refractivity contribution is 5.41. The van der Waals surface area contributed by atoms with Gasteiger partial charge in [-0.15, -0.1) is 0 Å². The number of methoxy groups -OCH3 is 1. The van der Waals surface area contributed by atoms with Crippen molar-refractivity contribution < 1.29 is 9.84 Å². The van der Waals surface area contributed by atoms with Crippen molar-refractivity contribution in [3.05, 3.63) is 40.5 Å². The van der Waals surface area contributed by atoms with Gasteiger partial charge in [-0.05, 0) is 85.1 Å². The van der Waals surface area contributed by atoms with Crippen LogP contribution in [-0.4, -0.2) is 12.2 Å². The van der Waals surface area contributed by atoms with Gasteiger partial charge < -0.3 is 9.84 Å². The summed E-state index contributed by atoms with van der Waals surface area (Å²) in [6.07, 6.45) is 5.57. The number of hydrogen-bond acceptors (Lipinski definition) is 2. The molecule has 1 aromatic carbocycles. The molecule has 3 rings (SSSR count). The van der Waals surface area contributed by atoms with Crippen LogP contribution >= 0.6 is 0 Å². The number of aliphatic hydroxyl groups is 1. The first-order chi connectivity index (χ1) is 11.7. The standard InChI is InChI=1S/C23H34O2/c1-15-12-17(14-18(13-15)25-6)21(24)20-16(2)8-9-19-22(3,4)10-7-11-23(19,20)5/h12-14,19,21,24H,7-11H2,1-6H3/t19?,21?,23-/m0/s1. The lowest BCUT2D eigenvalue weighted by Crippen LogP contribution is -2.46. The summed E-state index contributed by atoms with van der Waals surface area (Å²) >= 11 is 0. The van der Waals surface area contributed by atoms with Crippen molar-refractivity contribution in [3.63, 3.8) is 0 Å². The third-order valence-corrected chi connectivity index (χ3v) is 7.01. The van der Waals surface area contributed by atoms with Gasteiger partial charge in [-0.2, -0.15) is 0 Å². The predicted molar refractivity (Wildman–Crippen MR) is 104 cm³/mol. The fourth-order valence-electron chi connectivity index (χ4n) is 5.90. The highest BCUT2D eigenvalue weighted by atomic mass is 16.5. The Morgan fingerprint density at radius 1 is 1.12 bits per heavy atom. The van der Waals surface area contributed by atoms with Gasteiger partial charge in [0.05, 0.1) is 7.11 Å². The molecule has 0 aromatic heterocycles. The quantitative estimate of drug-likeness (QED) is 0.685. The summed E-state index contributed by atoms with van der Waals surface area (Å²) < 4.78 is 5.44. The van der Waals surface area contributed by atoms with Crippen molar-refractivity contribution in [1.29, 1.82) is 0 Å². The molecule has 1 N–H and O–H groups in total. The zero-order valence-corrected chi connectivity index (χ0v) is 16.8. The summed E-state index contributed by atoms with van der Waals surface area (Å²) in [4.78, 5) is 0. The third-order valence-electron chi connectivity index (χ3n) is 7.01. The van der Waals surface area contributed by atoms with Crippen LogP contribution in [0.25, 0.3) is 0 Å². The van der Waals surface area contributed by atoms with Crippen LogP contribution < -0.4 is 4.74 Å². The maximum absolute atomic E-state index is 11.4. The number of fused-ring (bicyclic) bond motifs is 1. The Hall–Kier alpha value is -1.28. The molecule has 0 bridgehead atoms. The van der Waals surface area contributed by atoms with E-state index >= 15 is 0 Å². The Morgan fingerprint density at radius 3 is 2.52 bits per heavy atom. The smallest absolute Gasteiger partial charge is 0.119 e. The molecule has 1 saturated carbocycles. The van der Waals surface area contributed by atoms with Gasteiger partial charge in [-0.3, -0.25) is 0 Å². The number of allylic oxidation sites excluding steroid dienone is 1. The summed E-state index contributed by atoms with van der Waals surface area (Å²) in [5, 5.41) is 11.4. The number of ether oxygens (including phenoxy) is 1. The monoisotopic (exact) mass is 342 g/mol. The Bertz CT molecular complexity index is 685. The predicted octanol–water partition coefficient (Wildman–Crippen LogP) is 5.98. The first-order valence-electron chi connectivity index (χ1n) is 9.73. The number of aliphatic hydroxyl groups excluding tert-OH is 1. The van der Waals surface area contributed by atoms with Crippen molar-refractivity contribution >= 4 is 0 Å². The molecular weight excluding hydrogens is 308 g/mol. The maximum Gasteiger partial charge on any atom is 0.119 e. The molecule has 25 heavy (non-hydrogen) atoms. The average Bonchev–Trinajstić information content (AvgIpc) is 2.52. The molecule has 0 amide bonds. The molecule has 0 aliphatic heterocycles. The van der Waals surface area contributed by atoms with E-state index in [0.29, 0.717) is 11.3 Å². The first-order valence-corrected chi connectivity index (χ1v) is 9.73. The van der Waals surface area contributed by atoms with Crippen LogP contribution in [0.5, 0.6) is 5.75 Å². The number of hydrogen-bond donors (Lipinski definition) is 1. The Kier molecular flexibility index (Phi) is 4.79. The second kappa shape index (κ2) is 6.46. The van der Waals surface area contributed by atoms with Crippen LogP contribution in [0.15, 0.2) is 29.3 Å². The molecule has 1 aromatic rings. The van der Waals surface area contributed by atoms with Crippen molar-refractivity contribution in [2.45, 2.75) is 72.8 Å². The summed E-state index contributed by atoms with van der Waals surface area (Å²) in [6.45, 7) is 11.6. The molecule has 0 radical (unpaired) electrons. The van der Waals surface area contributed by atoms with Crippen LogP contribution in [0.3, 0.4) is 0 Å². The van der Waals surface area contributed by atoms with Gasteiger partial charge >= 0.3 is 0 Å². The molecular formula is C23H34O2. The molecule has 2 aliphatic carbocycles. The normalized spacial score (nSPS) is 30.0. The van der Waals surface area contributed by atoms with Crippen molar-refractivity contribution in [2.75, 3.05) is 7.11 Å². The lowest BCUT2D eigenvalue weighted by Gasteiger charge is -2.56. The highest BCUT2D eigenvalue weighted by Gasteiger charge is 2.51. The second-order valence-corrected chi connectivity index (χ2v) is 9.23. The van der Waals surface area contributed by atoms with E-state index in [2.05, 4.69) is 40.7 Å². The molecule has 0 heterocycles. The van der Waals surface area contributed by atoms with Crippen LogP contribution in [0.1, 0.15) is 77.0 Å². The minimum Gasteiger partial charge on any atom is -0.497 e. The van der Waals surface area contributed by atoms with E-state index in [0.717, 1.165) is 23.3 Å². The Morgan fingerprint density at radius 2 is 1.84 bits per heavy atom. The molecule has 3 atom stereocenters. The van der Waals surface area contributed by atoms with Crippen LogP contribution in [-0.2, 0) is 0 Å². The SMILES string of the molecule is COc1cc(C)cc(C(O)C2=C(C)CCC3C(C)(C)CCC[C@]23C)c1. The van der Waals surface area contributed by atoms with Crippen LogP contribution in [0.4, 0.5) is 0 Å². The third kappa shape index (κ3) is 3.14. The summed E-state index contributed by atoms with van der Waals surface area (Å²) in [6, 6.07) is 6.12. The van der Waals surface area contributed by atoms with E-state index in [1.54, 1.807) is 7.11 Å². The van der Waals surface area contributed by atoms with Gasteiger partial charge in [-0.25, -0.2) is 0 Å². The highest BCUT2D eigenvalue weighted by Crippen LogP contribution is 2.61. The van der Waals surface area contributed by atoms with Crippen LogP contribution in [0.2, 0.25) is 0 Å². The van der Waals surface area contributed by atoms with Gasteiger partial charge in [0.2, 0.25) is 0 Å². The van der Waals surface area contributed by atoms with Crippen molar-refractivity contribution in [2.24, 2.45) is 16.7 Å². The van der Waals surface area contributed by atoms with E-state index in [1.165, 1.54) is 36.8 Å². The van der Waals surface area contributed by atoms with E-state index in [4.69, 9.17) is 4.74 Å². The fraction of sp³-hybridized carbons (Fsp3) is 0.652. The fourth-order valence-corrected chi connectivity index (χ4v) is 5.90. The van der Waals surface area contributed by atoms with Crippen molar-refractivity contribution in [1.82, 2.24) is 0 Å².